The molecule has 0 aromatic heterocycles. The minimum atomic E-state index is -0.181. The monoisotopic (exact) mass is 244 g/mol. The van der Waals surface area contributed by atoms with Crippen LogP contribution in [-0.4, -0.2) is 40.2 Å². The largest absolute Gasteiger partial charge is 0.393 e. The van der Waals surface area contributed by atoms with E-state index in [0.717, 1.165) is 32.1 Å². The molecular formula is C12H24N2OS. The first-order valence-corrected chi connectivity index (χ1v) is 6.65. The second kappa shape index (κ2) is 6.52. The number of hydrogen-bond acceptors (Lipinski definition) is 3. The maximum Gasteiger partial charge on any atom is 0.0743 e. The van der Waals surface area contributed by atoms with Crippen molar-refractivity contribution in [3.05, 3.63) is 0 Å². The van der Waals surface area contributed by atoms with E-state index in [-0.39, 0.29) is 12.1 Å². The molecule has 16 heavy (non-hydrogen) atoms. The van der Waals surface area contributed by atoms with Crippen LogP contribution in [0.15, 0.2) is 0 Å². The second-order valence-electron chi connectivity index (χ2n) is 4.82. The van der Waals surface area contributed by atoms with Gasteiger partial charge in [-0.1, -0.05) is 32.0 Å². The Balaban J connectivity index is 2.58. The summed E-state index contributed by atoms with van der Waals surface area (Å²) in [6.45, 7) is 2.15. The number of aliphatic hydroxyl groups is 1. The molecule has 0 heterocycles. The van der Waals surface area contributed by atoms with Crippen LogP contribution in [0, 0.1) is 0 Å². The highest BCUT2D eigenvalue weighted by Gasteiger charge is 2.29. The van der Waals surface area contributed by atoms with Gasteiger partial charge in [0, 0.05) is 18.5 Å². The van der Waals surface area contributed by atoms with Crippen LogP contribution < -0.4 is 5.73 Å². The molecule has 0 amide bonds. The van der Waals surface area contributed by atoms with E-state index in [1.807, 2.05) is 0 Å². The highest BCUT2D eigenvalue weighted by Crippen LogP contribution is 2.25. The van der Waals surface area contributed by atoms with E-state index >= 15 is 0 Å². The molecule has 1 aliphatic rings. The van der Waals surface area contributed by atoms with Crippen LogP contribution in [0.2, 0.25) is 0 Å². The molecule has 0 spiro atoms. The molecule has 0 aromatic carbocycles. The molecule has 0 saturated heterocycles. The fraction of sp³-hybridized carbons (Fsp3) is 0.917. The van der Waals surface area contributed by atoms with Gasteiger partial charge in [-0.05, 0) is 26.3 Å². The van der Waals surface area contributed by atoms with Crippen LogP contribution in [0.3, 0.4) is 0 Å². The first kappa shape index (κ1) is 13.9. The number of aliphatic hydroxyl groups excluding tert-OH is 1. The maximum atomic E-state index is 10.0. The van der Waals surface area contributed by atoms with Crippen molar-refractivity contribution in [2.75, 3.05) is 7.05 Å². The van der Waals surface area contributed by atoms with Crippen LogP contribution in [0.4, 0.5) is 0 Å². The van der Waals surface area contributed by atoms with Gasteiger partial charge < -0.3 is 10.8 Å². The average Bonchev–Trinajstić information content (AvgIpc) is 2.25. The van der Waals surface area contributed by atoms with Gasteiger partial charge in [-0.25, -0.2) is 0 Å². The van der Waals surface area contributed by atoms with E-state index in [1.54, 1.807) is 0 Å². The lowest BCUT2D eigenvalue weighted by Gasteiger charge is -2.39. The normalized spacial score (nSPS) is 28.0. The maximum absolute atomic E-state index is 10.0. The summed E-state index contributed by atoms with van der Waals surface area (Å²) < 4.78 is 0. The fourth-order valence-electron chi connectivity index (χ4n) is 2.65. The highest BCUT2D eigenvalue weighted by molar-refractivity contribution is 7.80. The lowest BCUT2D eigenvalue weighted by atomic mass is 9.90. The Morgan fingerprint density at radius 1 is 1.50 bits per heavy atom. The minimum absolute atomic E-state index is 0.181. The van der Waals surface area contributed by atoms with Crippen molar-refractivity contribution in [1.29, 1.82) is 0 Å². The summed E-state index contributed by atoms with van der Waals surface area (Å²) in [5.74, 6) is 0. The predicted molar refractivity (Wildman–Crippen MR) is 71.5 cm³/mol. The molecule has 94 valence electrons. The number of nitrogens with zero attached hydrogens (tertiary/aromatic N) is 1. The summed E-state index contributed by atoms with van der Waals surface area (Å²) in [5, 5.41) is 10.0. The Labute approximate surface area is 104 Å². The van der Waals surface area contributed by atoms with Crippen molar-refractivity contribution in [2.45, 2.75) is 63.6 Å². The summed E-state index contributed by atoms with van der Waals surface area (Å²) in [6.07, 6.45) is 5.99. The number of rotatable bonds is 5. The van der Waals surface area contributed by atoms with E-state index in [2.05, 4.69) is 18.9 Å². The zero-order valence-corrected chi connectivity index (χ0v) is 11.2. The van der Waals surface area contributed by atoms with Crippen molar-refractivity contribution >= 4 is 17.2 Å². The van der Waals surface area contributed by atoms with Crippen molar-refractivity contribution in [1.82, 2.24) is 4.90 Å². The Bertz CT molecular complexity index is 235. The third kappa shape index (κ3) is 3.68. The van der Waals surface area contributed by atoms with Gasteiger partial charge in [0.25, 0.3) is 0 Å². The molecule has 4 heteroatoms. The van der Waals surface area contributed by atoms with Gasteiger partial charge in [-0.15, -0.1) is 0 Å². The van der Waals surface area contributed by atoms with Crippen LogP contribution >= 0.6 is 12.2 Å². The smallest absolute Gasteiger partial charge is 0.0743 e. The van der Waals surface area contributed by atoms with Crippen molar-refractivity contribution in [3.8, 4) is 0 Å². The standard InChI is InChI=1S/C12H24N2OS/c1-3-9(8-12(13)16)14(2)10-6-4-5-7-11(10)15/h9-11,15H,3-8H2,1-2H3,(H2,13,16). The highest BCUT2D eigenvalue weighted by atomic mass is 32.1. The van der Waals surface area contributed by atoms with Crippen molar-refractivity contribution in [3.63, 3.8) is 0 Å². The molecule has 1 fully saturated rings. The molecule has 0 aliphatic heterocycles. The molecule has 1 aliphatic carbocycles. The van der Waals surface area contributed by atoms with Gasteiger partial charge in [-0.3, -0.25) is 4.90 Å². The summed E-state index contributed by atoms with van der Waals surface area (Å²) in [5.41, 5.74) is 5.61. The van der Waals surface area contributed by atoms with E-state index in [0.29, 0.717) is 11.0 Å². The zero-order chi connectivity index (χ0) is 12.1. The third-order valence-electron chi connectivity index (χ3n) is 3.70. The summed E-state index contributed by atoms with van der Waals surface area (Å²) in [6, 6.07) is 0.656. The lowest BCUT2D eigenvalue weighted by Crippen LogP contribution is -2.48. The molecule has 3 nitrogen and oxygen atoms in total. The van der Waals surface area contributed by atoms with Crippen LogP contribution in [0.5, 0.6) is 0 Å². The van der Waals surface area contributed by atoms with E-state index in [1.165, 1.54) is 6.42 Å². The molecule has 0 bridgehead atoms. The molecule has 0 aromatic rings. The summed E-state index contributed by atoms with van der Waals surface area (Å²) in [4.78, 5) is 2.85. The van der Waals surface area contributed by atoms with Crippen LogP contribution in [-0.2, 0) is 0 Å². The summed E-state index contributed by atoms with van der Waals surface area (Å²) >= 11 is 4.98. The summed E-state index contributed by atoms with van der Waals surface area (Å²) in [7, 11) is 2.09. The fourth-order valence-corrected chi connectivity index (χ4v) is 2.84. The van der Waals surface area contributed by atoms with Gasteiger partial charge in [0.15, 0.2) is 0 Å². The van der Waals surface area contributed by atoms with Crippen molar-refractivity contribution < 1.29 is 5.11 Å². The Kier molecular flexibility index (Phi) is 5.66. The SMILES string of the molecule is CCC(CC(N)=S)N(C)C1CCCCC1O. The second-order valence-corrected chi connectivity index (χ2v) is 5.34. The number of thiocarbonyl (C=S) groups is 1. The first-order chi connectivity index (χ1) is 7.56. The number of nitrogens with two attached hydrogens (primary N) is 1. The topological polar surface area (TPSA) is 49.5 Å². The van der Waals surface area contributed by atoms with Gasteiger partial charge in [-0.2, -0.15) is 0 Å². The molecule has 3 unspecified atom stereocenters. The lowest BCUT2D eigenvalue weighted by molar-refractivity contribution is 0.0132. The molecular weight excluding hydrogens is 220 g/mol. The number of hydrogen-bond donors (Lipinski definition) is 2. The van der Waals surface area contributed by atoms with Gasteiger partial charge in [0.1, 0.15) is 0 Å². The zero-order valence-electron chi connectivity index (χ0n) is 10.4. The third-order valence-corrected chi connectivity index (χ3v) is 3.87. The number of likely N-dealkylation sites (N-methyl/N-ethyl adjacent to an activating group) is 1. The quantitative estimate of drug-likeness (QED) is 0.722. The molecule has 0 radical (unpaired) electrons. The van der Waals surface area contributed by atoms with E-state index < -0.39 is 0 Å². The van der Waals surface area contributed by atoms with Gasteiger partial charge >= 0.3 is 0 Å². The van der Waals surface area contributed by atoms with E-state index in [9.17, 15) is 5.11 Å². The van der Waals surface area contributed by atoms with Crippen molar-refractivity contribution in [2.24, 2.45) is 5.73 Å². The van der Waals surface area contributed by atoms with Gasteiger partial charge in [0.2, 0.25) is 0 Å². The average molecular weight is 244 g/mol. The van der Waals surface area contributed by atoms with Crippen LogP contribution in [0.25, 0.3) is 0 Å². The molecule has 3 N–H and O–H groups in total. The van der Waals surface area contributed by atoms with E-state index in [4.69, 9.17) is 18.0 Å². The van der Waals surface area contributed by atoms with Crippen LogP contribution in [0.1, 0.15) is 45.4 Å². The predicted octanol–water partition coefficient (Wildman–Crippen LogP) is 1.68. The molecule has 1 saturated carbocycles. The molecule has 1 rings (SSSR count). The Hall–Kier alpha value is -0.190. The van der Waals surface area contributed by atoms with Gasteiger partial charge in [0.05, 0.1) is 11.1 Å². The Morgan fingerprint density at radius 2 is 2.12 bits per heavy atom. The molecule has 3 atom stereocenters. The Morgan fingerprint density at radius 3 is 2.62 bits per heavy atom. The first-order valence-electron chi connectivity index (χ1n) is 6.24. The minimum Gasteiger partial charge on any atom is -0.393 e.